The molecule has 0 radical (unpaired) electrons. The van der Waals surface area contributed by atoms with Gasteiger partial charge in [0.05, 0.1) is 0 Å². The van der Waals surface area contributed by atoms with Gasteiger partial charge in [0.15, 0.2) is 6.61 Å². The van der Waals surface area contributed by atoms with E-state index in [1.54, 1.807) is 12.1 Å². The lowest BCUT2D eigenvalue weighted by Crippen LogP contribution is -2.29. The molecule has 2 unspecified atom stereocenters. The summed E-state index contributed by atoms with van der Waals surface area (Å²) in [6, 6.07) is 15.4. The molecule has 3 aromatic rings. The van der Waals surface area contributed by atoms with Crippen molar-refractivity contribution in [3.05, 3.63) is 77.4 Å². The lowest BCUT2D eigenvalue weighted by Gasteiger charge is -2.22. The SMILES string of the molecule is CC(N[C@H]1CCC(c2ccc(OCC(=O)O)cc2)C1)c1ccc(F)c2cc(F)ccc12. The molecule has 3 atom stereocenters. The number of carbonyl (C=O) groups is 1. The van der Waals surface area contributed by atoms with Gasteiger partial charge in [0.2, 0.25) is 0 Å². The van der Waals surface area contributed by atoms with E-state index in [9.17, 15) is 13.6 Å². The molecule has 4 rings (SSSR count). The van der Waals surface area contributed by atoms with Crippen LogP contribution < -0.4 is 10.1 Å². The highest BCUT2D eigenvalue weighted by molar-refractivity contribution is 5.86. The van der Waals surface area contributed by atoms with Crippen LogP contribution in [0.4, 0.5) is 8.78 Å². The minimum Gasteiger partial charge on any atom is -0.482 e. The number of rotatable bonds is 7. The molecule has 0 spiro atoms. The molecule has 3 aromatic carbocycles. The highest BCUT2D eigenvalue weighted by Crippen LogP contribution is 2.37. The zero-order valence-electron chi connectivity index (χ0n) is 17.3. The average Bonchev–Trinajstić information content (AvgIpc) is 3.21. The lowest BCUT2D eigenvalue weighted by molar-refractivity contribution is -0.139. The number of carboxylic acid groups (broad SMARTS) is 1. The molecule has 0 aliphatic heterocycles. The standard InChI is InChI=1S/C25H25F2NO3/c1-15(21-10-11-24(27)23-13-18(26)5-9-22(21)23)28-19-6-2-17(12-19)16-3-7-20(8-4-16)31-14-25(29)30/h3-5,7-11,13,15,17,19,28H,2,6,12,14H2,1H3,(H,29,30)/t15?,17?,19-/m0/s1. The van der Waals surface area contributed by atoms with Gasteiger partial charge in [-0.25, -0.2) is 13.6 Å². The molecule has 0 bridgehead atoms. The number of fused-ring (bicyclic) bond motifs is 1. The zero-order chi connectivity index (χ0) is 22.0. The van der Waals surface area contributed by atoms with Gasteiger partial charge in [0, 0.05) is 17.5 Å². The van der Waals surface area contributed by atoms with Gasteiger partial charge < -0.3 is 15.2 Å². The van der Waals surface area contributed by atoms with Crippen LogP contribution in [0.25, 0.3) is 10.8 Å². The first-order valence-electron chi connectivity index (χ1n) is 10.5. The molecule has 4 nitrogen and oxygen atoms in total. The maximum atomic E-state index is 14.1. The third-order valence-electron chi connectivity index (χ3n) is 6.06. The van der Waals surface area contributed by atoms with Crippen molar-refractivity contribution >= 4 is 16.7 Å². The van der Waals surface area contributed by atoms with Gasteiger partial charge >= 0.3 is 5.97 Å². The van der Waals surface area contributed by atoms with Crippen LogP contribution in [0, 0.1) is 11.6 Å². The van der Waals surface area contributed by atoms with E-state index in [-0.39, 0.29) is 12.6 Å². The fourth-order valence-electron chi connectivity index (χ4n) is 4.55. The van der Waals surface area contributed by atoms with Crippen molar-refractivity contribution in [3.63, 3.8) is 0 Å². The van der Waals surface area contributed by atoms with Crippen LogP contribution in [-0.2, 0) is 4.79 Å². The Labute approximate surface area is 179 Å². The van der Waals surface area contributed by atoms with Gasteiger partial charge in [-0.15, -0.1) is 0 Å². The van der Waals surface area contributed by atoms with Crippen molar-refractivity contribution in [1.29, 1.82) is 0 Å². The van der Waals surface area contributed by atoms with Crippen molar-refractivity contribution in [2.24, 2.45) is 0 Å². The predicted octanol–water partition coefficient (Wildman–Crippen LogP) is 5.57. The third kappa shape index (κ3) is 4.85. The summed E-state index contributed by atoms with van der Waals surface area (Å²) in [6.45, 7) is 1.70. The first-order valence-corrected chi connectivity index (χ1v) is 10.5. The van der Waals surface area contributed by atoms with E-state index in [1.165, 1.54) is 23.8 Å². The van der Waals surface area contributed by atoms with Gasteiger partial charge in [-0.2, -0.15) is 0 Å². The Morgan fingerprint density at radius 3 is 2.61 bits per heavy atom. The Kier molecular flexibility index (Phi) is 6.18. The molecule has 0 aromatic heterocycles. The van der Waals surface area contributed by atoms with Gasteiger partial charge in [-0.3, -0.25) is 0 Å². The summed E-state index contributed by atoms with van der Waals surface area (Å²) in [7, 11) is 0. The molecule has 1 fully saturated rings. The maximum Gasteiger partial charge on any atom is 0.341 e. The van der Waals surface area contributed by atoms with Crippen LogP contribution >= 0.6 is 0 Å². The van der Waals surface area contributed by atoms with Crippen molar-refractivity contribution in [2.45, 2.75) is 44.2 Å². The van der Waals surface area contributed by atoms with Gasteiger partial charge in [-0.05, 0) is 78.9 Å². The number of ether oxygens (including phenoxy) is 1. The molecule has 1 saturated carbocycles. The third-order valence-corrected chi connectivity index (χ3v) is 6.06. The normalized spacial score (nSPS) is 19.5. The molecule has 162 valence electrons. The smallest absolute Gasteiger partial charge is 0.341 e. The van der Waals surface area contributed by atoms with E-state index >= 15 is 0 Å². The minimum absolute atomic E-state index is 0.00380. The van der Waals surface area contributed by atoms with E-state index in [0.29, 0.717) is 23.1 Å². The van der Waals surface area contributed by atoms with Crippen LogP contribution in [0.2, 0.25) is 0 Å². The Morgan fingerprint density at radius 2 is 1.87 bits per heavy atom. The van der Waals surface area contributed by atoms with Gasteiger partial charge in [-0.1, -0.05) is 24.3 Å². The summed E-state index contributed by atoms with van der Waals surface area (Å²) in [5.41, 5.74) is 2.17. The number of carboxylic acids is 1. The topological polar surface area (TPSA) is 58.6 Å². The molecule has 0 saturated heterocycles. The maximum absolute atomic E-state index is 14.1. The molecule has 6 heteroatoms. The Balaban J connectivity index is 1.41. The summed E-state index contributed by atoms with van der Waals surface area (Å²) in [4.78, 5) is 10.6. The number of hydrogen-bond donors (Lipinski definition) is 2. The Hall–Kier alpha value is -2.99. The minimum atomic E-state index is -0.998. The molecule has 2 N–H and O–H groups in total. The first-order chi connectivity index (χ1) is 14.9. The molecule has 0 amide bonds. The molecular formula is C25H25F2NO3. The van der Waals surface area contributed by atoms with Gasteiger partial charge in [0.1, 0.15) is 17.4 Å². The van der Waals surface area contributed by atoms with Crippen LogP contribution in [-0.4, -0.2) is 23.7 Å². The monoisotopic (exact) mass is 425 g/mol. The second kappa shape index (κ2) is 9.02. The van der Waals surface area contributed by atoms with Crippen LogP contribution in [0.1, 0.15) is 49.3 Å². The summed E-state index contributed by atoms with van der Waals surface area (Å²) in [5.74, 6) is -0.893. The fourth-order valence-corrected chi connectivity index (χ4v) is 4.55. The van der Waals surface area contributed by atoms with Crippen LogP contribution in [0.5, 0.6) is 5.75 Å². The molecule has 31 heavy (non-hydrogen) atoms. The molecule has 1 aliphatic rings. The quantitative estimate of drug-likeness (QED) is 0.520. The van der Waals surface area contributed by atoms with Crippen molar-refractivity contribution in [1.82, 2.24) is 5.32 Å². The van der Waals surface area contributed by atoms with E-state index in [4.69, 9.17) is 9.84 Å². The highest BCUT2D eigenvalue weighted by atomic mass is 19.1. The Bertz CT molecular complexity index is 1080. The first kappa shape index (κ1) is 21.2. The number of benzene rings is 3. The van der Waals surface area contributed by atoms with Gasteiger partial charge in [0.25, 0.3) is 0 Å². The summed E-state index contributed by atoms with van der Waals surface area (Å²) < 4.78 is 32.9. The fraction of sp³-hybridized carbons (Fsp3) is 0.320. The molecule has 0 heterocycles. The Morgan fingerprint density at radius 1 is 1.10 bits per heavy atom. The van der Waals surface area contributed by atoms with E-state index in [1.807, 2.05) is 24.3 Å². The second-order valence-corrected chi connectivity index (χ2v) is 8.17. The molecular weight excluding hydrogens is 400 g/mol. The summed E-state index contributed by atoms with van der Waals surface area (Å²) in [5, 5.41) is 13.4. The number of hydrogen-bond acceptors (Lipinski definition) is 3. The van der Waals surface area contributed by atoms with E-state index in [0.717, 1.165) is 30.2 Å². The number of aliphatic carboxylic acids is 1. The van der Waals surface area contributed by atoms with Crippen molar-refractivity contribution < 1.29 is 23.4 Å². The average molecular weight is 425 g/mol. The number of nitrogens with one attached hydrogen (secondary N) is 1. The van der Waals surface area contributed by atoms with Crippen molar-refractivity contribution in [2.75, 3.05) is 6.61 Å². The highest BCUT2D eigenvalue weighted by Gasteiger charge is 2.27. The zero-order valence-corrected chi connectivity index (χ0v) is 17.3. The van der Waals surface area contributed by atoms with Crippen molar-refractivity contribution in [3.8, 4) is 5.75 Å². The van der Waals surface area contributed by atoms with E-state index in [2.05, 4.69) is 12.2 Å². The molecule has 1 aliphatic carbocycles. The summed E-state index contributed by atoms with van der Waals surface area (Å²) >= 11 is 0. The summed E-state index contributed by atoms with van der Waals surface area (Å²) in [6.07, 6.45) is 3.06. The van der Waals surface area contributed by atoms with E-state index < -0.39 is 17.6 Å². The predicted molar refractivity (Wildman–Crippen MR) is 115 cm³/mol. The number of halogens is 2. The largest absolute Gasteiger partial charge is 0.482 e. The van der Waals surface area contributed by atoms with Crippen LogP contribution in [0.3, 0.4) is 0 Å². The second-order valence-electron chi connectivity index (χ2n) is 8.17. The lowest BCUT2D eigenvalue weighted by atomic mass is 9.96. The van der Waals surface area contributed by atoms with Crippen LogP contribution in [0.15, 0.2) is 54.6 Å².